The van der Waals surface area contributed by atoms with E-state index in [0.29, 0.717) is 33.2 Å². The molecule has 4 aliphatic rings. The fourth-order valence-corrected chi connectivity index (χ4v) is 6.62. The quantitative estimate of drug-likeness (QED) is 0.391. The summed E-state index contributed by atoms with van der Waals surface area (Å²) in [7, 11) is 0. The van der Waals surface area contributed by atoms with Crippen molar-refractivity contribution in [2.75, 3.05) is 0 Å². The summed E-state index contributed by atoms with van der Waals surface area (Å²) in [5.74, 6) is -0.676. The molecule has 4 fully saturated rings. The summed E-state index contributed by atoms with van der Waals surface area (Å²) in [6.07, 6.45) is 10.6. The second-order valence-corrected chi connectivity index (χ2v) is 10.5. The van der Waals surface area contributed by atoms with Crippen LogP contribution in [-0.4, -0.2) is 35.6 Å². The number of pyridine rings is 1. The van der Waals surface area contributed by atoms with Gasteiger partial charge in [0, 0.05) is 35.5 Å². The molecular formula is C25H23ClFN5O2. The van der Waals surface area contributed by atoms with E-state index in [1.54, 1.807) is 12.4 Å². The fourth-order valence-electron chi connectivity index (χ4n) is 6.46. The van der Waals surface area contributed by atoms with Gasteiger partial charge in [0.15, 0.2) is 11.6 Å². The van der Waals surface area contributed by atoms with Crippen molar-refractivity contribution in [1.29, 1.82) is 0 Å². The average Bonchev–Trinajstić information content (AvgIpc) is 3.53. The Bertz CT molecular complexity index is 1470. The van der Waals surface area contributed by atoms with Crippen LogP contribution in [0.25, 0.3) is 33.5 Å². The Morgan fingerprint density at radius 2 is 1.91 bits per heavy atom. The topological polar surface area (TPSA) is 96.7 Å². The summed E-state index contributed by atoms with van der Waals surface area (Å²) in [6.45, 7) is 0. The minimum atomic E-state index is -0.796. The zero-order chi connectivity index (χ0) is 23.1. The van der Waals surface area contributed by atoms with E-state index in [2.05, 4.69) is 9.97 Å². The van der Waals surface area contributed by atoms with E-state index in [1.807, 2.05) is 10.6 Å². The maximum absolute atomic E-state index is 15.5. The maximum atomic E-state index is 15.5. The Morgan fingerprint density at radius 1 is 1.15 bits per heavy atom. The number of nitrogens with one attached hydrogen (secondary N) is 1. The highest BCUT2D eigenvalue weighted by Gasteiger charge is 2.49. The molecule has 0 radical (unpaired) electrons. The number of fused-ring (bicyclic) bond motifs is 5. The molecule has 4 saturated carbocycles. The summed E-state index contributed by atoms with van der Waals surface area (Å²) in [5, 5.41) is 11.9. The van der Waals surface area contributed by atoms with E-state index in [-0.39, 0.29) is 29.6 Å². The van der Waals surface area contributed by atoms with Gasteiger partial charge in [0.05, 0.1) is 28.1 Å². The maximum Gasteiger partial charge on any atom is 0.308 e. The number of hydrogen-bond donors (Lipinski definition) is 2. The van der Waals surface area contributed by atoms with Crippen molar-refractivity contribution in [1.82, 2.24) is 24.5 Å². The molecule has 0 aromatic carbocycles. The van der Waals surface area contributed by atoms with Crippen LogP contribution < -0.4 is 0 Å². The predicted molar refractivity (Wildman–Crippen MR) is 125 cm³/mol. The van der Waals surface area contributed by atoms with Gasteiger partial charge in [0.1, 0.15) is 11.3 Å². The van der Waals surface area contributed by atoms with Gasteiger partial charge < -0.3 is 14.7 Å². The Hall–Kier alpha value is -3.00. The third-order valence-corrected chi connectivity index (χ3v) is 8.34. The number of carbonyl (C=O) groups is 1. The number of carboxylic acids is 1. The van der Waals surface area contributed by atoms with E-state index in [1.165, 1.54) is 6.20 Å². The SMILES string of the molecule is O=C(O)[C@H]1C2CCC(CC2)[C@@H]1n1cc(F)c2c(C3CC3)nc(-c3c[nH]c4ncc(Cl)cc34)nc21. The number of aromatic nitrogens is 5. The number of halogens is 2. The number of aliphatic carboxylic acids is 1. The zero-order valence-corrected chi connectivity index (χ0v) is 19.1. The third-order valence-electron chi connectivity index (χ3n) is 8.14. The second-order valence-electron chi connectivity index (χ2n) is 10.1. The van der Waals surface area contributed by atoms with Crippen LogP contribution in [0.2, 0.25) is 5.02 Å². The molecule has 4 aromatic rings. The van der Waals surface area contributed by atoms with Crippen molar-refractivity contribution in [2.24, 2.45) is 17.8 Å². The van der Waals surface area contributed by atoms with Gasteiger partial charge in [-0.05, 0) is 56.4 Å². The summed E-state index contributed by atoms with van der Waals surface area (Å²) in [4.78, 5) is 29.5. The van der Waals surface area contributed by atoms with Gasteiger partial charge in [-0.3, -0.25) is 4.79 Å². The number of rotatable bonds is 4. The molecule has 0 saturated heterocycles. The molecule has 2 N–H and O–H groups in total. The van der Waals surface area contributed by atoms with E-state index < -0.39 is 11.9 Å². The number of nitrogens with zero attached hydrogens (tertiary/aromatic N) is 4. The minimum absolute atomic E-state index is 0.124. The lowest BCUT2D eigenvalue weighted by Gasteiger charge is -2.47. The number of aromatic amines is 1. The molecule has 4 aromatic heterocycles. The summed E-state index contributed by atoms with van der Waals surface area (Å²) < 4.78 is 17.3. The molecule has 0 spiro atoms. The van der Waals surface area contributed by atoms with Crippen molar-refractivity contribution in [3.05, 3.63) is 41.2 Å². The van der Waals surface area contributed by atoms with Crippen molar-refractivity contribution in [3.8, 4) is 11.4 Å². The van der Waals surface area contributed by atoms with Crippen LogP contribution in [-0.2, 0) is 4.79 Å². The second kappa shape index (κ2) is 7.25. The standard InChI is InChI=1S/C25H23ClFN5O2/c26-14-7-15-16(9-29-22(15)28-8-14)23-30-20(12-3-4-12)19-17(27)10-32(24(19)31-23)21-13-5-1-11(2-6-13)18(21)25(33)34/h7-13,18,21H,1-6H2,(H,28,29)(H,33,34)/t11?,13?,18-,21-/m0/s1. The van der Waals surface area contributed by atoms with Crippen molar-refractivity contribution < 1.29 is 14.3 Å². The largest absolute Gasteiger partial charge is 0.481 e. The van der Waals surface area contributed by atoms with Crippen LogP contribution in [0, 0.1) is 23.6 Å². The lowest BCUT2D eigenvalue weighted by molar-refractivity contribution is -0.151. The van der Waals surface area contributed by atoms with Crippen molar-refractivity contribution in [3.63, 3.8) is 0 Å². The first-order valence-electron chi connectivity index (χ1n) is 11.9. The van der Waals surface area contributed by atoms with Crippen molar-refractivity contribution >= 4 is 39.6 Å². The van der Waals surface area contributed by atoms with Gasteiger partial charge in [-0.15, -0.1) is 0 Å². The van der Waals surface area contributed by atoms with E-state index in [4.69, 9.17) is 21.6 Å². The summed E-state index contributed by atoms with van der Waals surface area (Å²) >= 11 is 6.21. The molecular weight excluding hydrogens is 457 g/mol. The molecule has 9 heteroatoms. The molecule has 0 unspecified atom stereocenters. The lowest BCUT2D eigenvalue weighted by Crippen LogP contribution is -2.44. The smallest absolute Gasteiger partial charge is 0.308 e. The molecule has 2 atom stereocenters. The predicted octanol–water partition coefficient (Wildman–Crippen LogP) is 5.71. The Labute approximate surface area is 199 Å². The normalized spacial score (nSPS) is 26.5. The average molecular weight is 480 g/mol. The molecule has 4 aliphatic carbocycles. The van der Waals surface area contributed by atoms with Crippen LogP contribution in [0.15, 0.2) is 24.7 Å². The molecule has 34 heavy (non-hydrogen) atoms. The molecule has 4 heterocycles. The Kier molecular flexibility index (Phi) is 4.34. The van der Waals surface area contributed by atoms with Gasteiger partial charge in [-0.2, -0.15) is 0 Å². The fraction of sp³-hybridized carbons (Fsp3) is 0.440. The molecule has 8 rings (SSSR count). The van der Waals surface area contributed by atoms with Gasteiger partial charge in [0.2, 0.25) is 0 Å². The Balaban J connectivity index is 1.47. The summed E-state index contributed by atoms with van der Waals surface area (Å²) in [5.41, 5.74) is 2.64. The highest BCUT2D eigenvalue weighted by Crippen LogP contribution is 2.53. The van der Waals surface area contributed by atoms with Crippen LogP contribution in [0.4, 0.5) is 4.39 Å². The van der Waals surface area contributed by atoms with Gasteiger partial charge in [-0.25, -0.2) is 19.3 Å². The van der Waals surface area contributed by atoms with E-state index in [0.717, 1.165) is 49.5 Å². The first-order valence-corrected chi connectivity index (χ1v) is 12.3. The summed E-state index contributed by atoms with van der Waals surface area (Å²) in [6, 6.07) is 1.52. The molecule has 0 aliphatic heterocycles. The first-order chi connectivity index (χ1) is 16.5. The van der Waals surface area contributed by atoms with Crippen LogP contribution >= 0.6 is 11.6 Å². The number of hydrogen-bond acceptors (Lipinski definition) is 4. The van der Waals surface area contributed by atoms with Crippen LogP contribution in [0.1, 0.15) is 56.2 Å². The van der Waals surface area contributed by atoms with Gasteiger partial charge in [0.25, 0.3) is 0 Å². The van der Waals surface area contributed by atoms with Crippen LogP contribution in [0.3, 0.4) is 0 Å². The Morgan fingerprint density at radius 3 is 2.65 bits per heavy atom. The molecule has 2 bridgehead atoms. The van der Waals surface area contributed by atoms with Crippen LogP contribution in [0.5, 0.6) is 0 Å². The van der Waals surface area contributed by atoms with Gasteiger partial charge >= 0.3 is 5.97 Å². The third kappa shape index (κ3) is 2.94. The lowest BCUT2D eigenvalue weighted by atomic mass is 9.61. The van der Waals surface area contributed by atoms with Gasteiger partial charge in [-0.1, -0.05) is 11.6 Å². The van der Waals surface area contributed by atoms with Crippen molar-refractivity contribution in [2.45, 2.75) is 50.5 Å². The monoisotopic (exact) mass is 479 g/mol. The molecule has 7 nitrogen and oxygen atoms in total. The highest BCUT2D eigenvalue weighted by molar-refractivity contribution is 6.31. The zero-order valence-electron chi connectivity index (χ0n) is 18.3. The first kappa shape index (κ1) is 20.4. The number of H-pyrrole nitrogens is 1. The minimum Gasteiger partial charge on any atom is -0.481 e. The number of carboxylic acid groups (broad SMARTS) is 1. The van der Waals surface area contributed by atoms with E-state index in [9.17, 15) is 9.90 Å². The molecule has 174 valence electrons. The molecule has 0 amide bonds. The van der Waals surface area contributed by atoms with E-state index >= 15 is 4.39 Å². The highest BCUT2D eigenvalue weighted by atomic mass is 35.5.